The lowest BCUT2D eigenvalue weighted by Gasteiger charge is -2.21. The molecule has 0 aromatic heterocycles. The Balaban J connectivity index is 1.60. The summed E-state index contributed by atoms with van der Waals surface area (Å²) >= 11 is 0. The van der Waals surface area contributed by atoms with Gasteiger partial charge in [0.15, 0.2) is 0 Å². The summed E-state index contributed by atoms with van der Waals surface area (Å²) < 4.78 is 27.1. The van der Waals surface area contributed by atoms with Crippen LogP contribution in [0.4, 0.5) is 14.5 Å². The highest BCUT2D eigenvalue weighted by molar-refractivity contribution is 6.21. The summed E-state index contributed by atoms with van der Waals surface area (Å²) in [4.78, 5) is 32.3. The topological polar surface area (TPSA) is 61.8 Å². The molecule has 0 spiro atoms. The maximum Gasteiger partial charge on any atom is 0.272 e. The van der Waals surface area contributed by atoms with Crippen LogP contribution in [0.2, 0.25) is 0 Å². The van der Waals surface area contributed by atoms with Crippen molar-refractivity contribution in [3.05, 3.63) is 101 Å². The first kappa shape index (κ1) is 19.1. The molecule has 2 amide bonds. The molecule has 2 aliphatic rings. The van der Waals surface area contributed by atoms with Gasteiger partial charge in [0.1, 0.15) is 11.6 Å². The third kappa shape index (κ3) is 3.38. The molecule has 1 N–H and O–H groups in total. The van der Waals surface area contributed by atoms with Crippen molar-refractivity contribution in [1.29, 1.82) is 0 Å². The van der Waals surface area contributed by atoms with Gasteiger partial charge < -0.3 is 10.2 Å². The van der Waals surface area contributed by atoms with Gasteiger partial charge in [-0.15, -0.1) is 0 Å². The van der Waals surface area contributed by atoms with Crippen molar-refractivity contribution in [2.75, 3.05) is 11.4 Å². The Labute approximate surface area is 177 Å². The van der Waals surface area contributed by atoms with Crippen LogP contribution >= 0.6 is 0 Å². The number of aliphatic imine (C=N–C) groups is 1. The van der Waals surface area contributed by atoms with Crippen molar-refractivity contribution >= 4 is 23.2 Å². The second-order valence-electron chi connectivity index (χ2n) is 7.43. The molecule has 31 heavy (non-hydrogen) atoms. The third-order valence-electron chi connectivity index (χ3n) is 5.45. The van der Waals surface area contributed by atoms with Crippen LogP contribution in [0.3, 0.4) is 0 Å². The van der Waals surface area contributed by atoms with E-state index in [2.05, 4.69) is 10.3 Å². The molecule has 3 aromatic rings. The summed E-state index contributed by atoms with van der Waals surface area (Å²) in [6.45, 7) is 0.476. The molecule has 5 rings (SSSR count). The smallest absolute Gasteiger partial charge is 0.272 e. The van der Waals surface area contributed by atoms with E-state index in [4.69, 9.17) is 0 Å². The summed E-state index contributed by atoms with van der Waals surface area (Å²) in [6, 6.07) is 17.7. The number of amides is 2. The zero-order valence-electron chi connectivity index (χ0n) is 16.3. The molecule has 2 heterocycles. The Morgan fingerprint density at radius 2 is 1.74 bits per heavy atom. The van der Waals surface area contributed by atoms with Gasteiger partial charge in [-0.05, 0) is 24.1 Å². The minimum Gasteiger partial charge on any atom is -0.322 e. The van der Waals surface area contributed by atoms with E-state index in [0.29, 0.717) is 24.7 Å². The van der Waals surface area contributed by atoms with Crippen molar-refractivity contribution in [2.24, 2.45) is 4.99 Å². The van der Waals surface area contributed by atoms with E-state index in [0.717, 1.165) is 34.5 Å². The van der Waals surface area contributed by atoms with Gasteiger partial charge >= 0.3 is 0 Å². The molecule has 5 nitrogen and oxygen atoms in total. The lowest BCUT2D eigenvalue weighted by atomic mass is 9.98. The quantitative estimate of drug-likeness (QED) is 0.710. The maximum atomic E-state index is 13.6. The predicted molar refractivity (Wildman–Crippen MR) is 112 cm³/mol. The van der Waals surface area contributed by atoms with E-state index in [1.807, 2.05) is 48.5 Å². The van der Waals surface area contributed by atoms with Crippen LogP contribution in [0, 0.1) is 11.6 Å². The molecule has 0 aliphatic carbocycles. The molecule has 154 valence electrons. The number of para-hydroxylation sites is 1. The lowest BCUT2D eigenvalue weighted by molar-refractivity contribution is -0.120. The number of hydrogen-bond acceptors (Lipinski definition) is 3. The number of halogens is 2. The van der Waals surface area contributed by atoms with Gasteiger partial charge in [-0.25, -0.2) is 13.8 Å². The number of benzene rings is 3. The first-order valence-electron chi connectivity index (χ1n) is 9.85. The zero-order valence-corrected chi connectivity index (χ0v) is 16.3. The first-order chi connectivity index (χ1) is 15.0. The fourth-order valence-electron chi connectivity index (χ4n) is 4.08. The zero-order chi connectivity index (χ0) is 21.5. The van der Waals surface area contributed by atoms with Crippen LogP contribution in [0.25, 0.3) is 0 Å². The van der Waals surface area contributed by atoms with E-state index in [9.17, 15) is 18.4 Å². The molecular formula is C24H17F2N3O2. The number of nitrogens with zero attached hydrogens (tertiary/aromatic N) is 2. The highest BCUT2D eigenvalue weighted by Crippen LogP contribution is 2.36. The third-order valence-corrected chi connectivity index (χ3v) is 5.45. The van der Waals surface area contributed by atoms with Crippen molar-refractivity contribution in [3.8, 4) is 0 Å². The average Bonchev–Trinajstić information content (AvgIpc) is 3.15. The molecule has 3 aromatic carbocycles. The molecule has 7 heteroatoms. The van der Waals surface area contributed by atoms with Crippen LogP contribution in [0.1, 0.15) is 27.0 Å². The monoisotopic (exact) mass is 417 g/mol. The van der Waals surface area contributed by atoms with E-state index in [1.165, 1.54) is 0 Å². The van der Waals surface area contributed by atoms with E-state index in [-0.39, 0.29) is 11.5 Å². The normalized spacial score (nSPS) is 17.1. The molecule has 1 atom stereocenters. The number of anilines is 1. The van der Waals surface area contributed by atoms with E-state index in [1.54, 1.807) is 4.90 Å². The standard InChI is InChI=1S/C24H17F2N3O2/c25-17-11-16(12-18(26)13-17)23(30)28-22-24(31)29-10-9-15-7-4-8-19(21(15)29)20(27-22)14-5-2-1-3-6-14/h1-8,11-13,22H,9-10H2,(H,28,30). The number of hydrogen-bond donors (Lipinski definition) is 1. The SMILES string of the molecule is O=C(NC1N=C(c2ccccc2)c2cccc3c2N(CC3)C1=O)c1cc(F)cc(F)c1. The van der Waals surface area contributed by atoms with Gasteiger partial charge in [-0.3, -0.25) is 9.59 Å². The Morgan fingerprint density at radius 3 is 2.48 bits per heavy atom. The van der Waals surface area contributed by atoms with Gasteiger partial charge in [-0.1, -0.05) is 48.5 Å². The van der Waals surface area contributed by atoms with Crippen molar-refractivity contribution < 1.29 is 18.4 Å². The second kappa shape index (κ2) is 7.43. The second-order valence-corrected chi connectivity index (χ2v) is 7.43. The Kier molecular flexibility index (Phi) is 4.58. The number of rotatable bonds is 3. The van der Waals surface area contributed by atoms with Crippen LogP contribution in [-0.4, -0.2) is 30.2 Å². The van der Waals surface area contributed by atoms with Crippen LogP contribution in [0.15, 0.2) is 71.7 Å². The number of carbonyl (C=O) groups is 2. The summed E-state index contributed by atoms with van der Waals surface area (Å²) in [7, 11) is 0. The minimum atomic E-state index is -1.23. The van der Waals surface area contributed by atoms with Gasteiger partial charge in [0.2, 0.25) is 6.17 Å². The van der Waals surface area contributed by atoms with Crippen LogP contribution in [0.5, 0.6) is 0 Å². The van der Waals surface area contributed by atoms with Crippen molar-refractivity contribution in [3.63, 3.8) is 0 Å². The van der Waals surface area contributed by atoms with Crippen molar-refractivity contribution in [1.82, 2.24) is 5.32 Å². The molecule has 0 radical (unpaired) electrons. The molecule has 0 saturated carbocycles. The highest BCUT2D eigenvalue weighted by Gasteiger charge is 2.37. The van der Waals surface area contributed by atoms with Gasteiger partial charge in [-0.2, -0.15) is 0 Å². The molecular weight excluding hydrogens is 400 g/mol. The Bertz CT molecular complexity index is 1220. The predicted octanol–water partition coefficient (Wildman–Crippen LogP) is 3.46. The molecule has 0 bridgehead atoms. The summed E-state index contributed by atoms with van der Waals surface area (Å²) in [5.41, 5.74) is 3.80. The number of nitrogens with one attached hydrogen (secondary N) is 1. The van der Waals surface area contributed by atoms with Gasteiger partial charge in [0.05, 0.1) is 11.4 Å². The van der Waals surface area contributed by atoms with Gasteiger partial charge in [0.25, 0.3) is 11.8 Å². The minimum absolute atomic E-state index is 0.217. The largest absolute Gasteiger partial charge is 0.322 e. The van der Waals surface area contributed by atoms with Crippen LogP contribution < -0.4 is 10.2 Å². The summed E-state index contributed by atoms with van der Waals surface area (Å²) in [6.07, 6.45) is -0.528. The Hall–Kier alpha value is -3.87. The van der Waals surface area contributed by atoms with E-state index >= 15 is 0 Å². The first-order valence-corrected chi connectivity index (χ1v) is 9.85. The van der Waals surface area contributed by atoms with Crippen molar-refractivity contribution in [2.45, 2.75) is 12.6 Å². The Morgan fingerprint density at radius 1 is 1.00 bits per heavy atom. The summed E-state index contributed by atoms with van der Waals surface area (Å²) in [5.74, 6) is -2.91. The molecule has 0 saturated heterocycles. The fourth-order valence-corrected chi connectivity index (χ4v) is 4.08. The van der Waals surface area contributed by atoms with E-state index < -0.39 is 23.7 Å². The summed E-state index contributed by atoms with van der Waals surface area (Å²) in [5, 5.41) is 2.55. The molecule has 2 aliphatic heterocycles. The average molecular weight is 417 g/mol. The lowest BCUT2D eigenvalue weighted by Crippen LogP contribution is -2.47. The number of carbonyl (C=O) groups excluding carboxylic acids is 2. The highest BCUT2D eigenvalue weighted by atomic mass is 19.1. The maximum absolute atomic E-state index is 13.6. The van der Waals surface area contributed by atoms with Crippen LogP contribution in [-0.2, 0) is 11.2 Å². The van der Waals surface area contributed by atoms with Gasteiger partial charge in [0, 0.05) is 29.3 Å². The molecule has 0 fully saturated rings. The fraction of sp³-hybridized carbons (Fsp3) is 0.125. The molecule has 1 unspecified atom stereocenters.